The molecule has 0 spiro atoms. The molecule has 0 amide bonds. The molecule has 1 unspecified atom stereocenters. The first-order valence-electron chi connectivity index (χ1n) is 15.3. The van der Waals surface area contributed by atoms with Crippen LogP contribution in [-0.2, 0) is 19.3 Å². The molecule has 40 heavy (non-hydrogen) atoms. The topological polar surface area (TPSA) is 62.8 Å². The molecule has 0 aromatic heterocycles. The fourth-order valence-electron chi connectivity index (χ4n) is 6.38. The maximum Gasteiger partial charge on any atom is 0.120 e. The molecule has 0 bridgehead atoms. The highest BCUT2D eigenvalue weighted by Gasteiger charge is 2.23. The third-order valence-electron chi connectivity index (χ3n) is 8.70. The third-order valence-corrected chi connectivity index (χ3v) is 8.70. The van der Waals surface area contributed by atoms with Crippen LogP contribution in [0.5, 0.6) is 17.2 Å². The van der Waals surface area contributed by atoms with Gasteiger partial charge < -0.3 is 25.2 Å². The molecule has 2 aliphatic carbocycles. The van der Waals surface area contributed by atoms with Crippen molar-refractivity contribution in [1.29, 1.82) is 0 Å². The van der Waals surface area contributed by atoms with Gasteiger partial charge in [-0.05, 0) is 116 Å². The monoisotopic (exact) mass is 542 g/mol. The second-order valence-electron chi connectivity index (χ2n) is 11.6. The Balaban J connectivity index is 1.06. The quantitative estimate of drug-likeness (QED) is 0.198. The molecule has 0 heterocycles. The summed E-state index contributed by atoms with van der Waals surface area (Å²) in [5.74, 6) is 3.52. The Bertz CT molecular complexity index is 1200. The number of rotatable bonds is 13. The molecule has 1 fully saturated rings. The number of hydrogen-bond acceptors (Lipinski definition) is 5. The Morgan fingerprint density at radius 3 is 2.50 bits per heavy atom. The normalized spacial score (nSPS) is 17.3. The summed E-state index contributed by atoms with van der Waals surface area (Å²) in [6, 6.07) is 20.8. The van der Waals surface area contributed by atoms with Gasteiger partial charge in [0.05, 0.1) is 7.11 Å². The summed E-state index contributed by atoms with van der Waals surface area (Å²) in [6.07, 6.45) is 12.1. The van der Waals surface area contributed by atoms with E-state index in [1.54, 1.807) is 7.11 Å². The standard InChI is InChI=1S/C35H46N2O3/c1-39-33-17-18-34(30-12-11-29-23-31(38)14-13-28(29)22-30)35(24-33)37-19-5-8-26-9-15-32(16-10-26)40-21-20-36-25-27-6-3-2-4-7-27/h9-10,13-18,23-24,27,30,36-38H,2-8,11-12,19-22,25H2,1H3. The van der Waals surface area contributed by atoms with E-state index in [2.05, 4.69) is 59.2 Å². The number of nitrogens with one attached hydrogen (secondary N) is 2. The van der Waals surface area contributed by atoms with Gasteiger partial charge in [-0.3, -0.25) is 0 Å². The second kappa shape index (κ2) is 14.5. The zero-order chi connectivity index (χ0) is 27.6. The van der Waals surface area contributed by atoms with Gasteiger partial charge in [0.15, 0.2) is 0 Å². The van der Waals surface area contributed by atoms with Crippen LogP contribution in [-0.4, -0.2) is 38.5 Å². The van der Waals surface area contributed by atoms with Crippen molar-refractivity contribution in [2.45, 2.75) is 70.1 Å². The number of fused-ring (bicyclic) bond motifs is 1. The van der Waals surface area contributed by atoms with Gasteiger partial charge in [-0.2, -0.15) is 0 Å². The lowest BCUT2D eigenvalue weighted by atomic mass is 9.79. The summed E-state index contributed by atoms with van der Waals surface area (Å²) in [6.45, 7) is 3.66. The summed E-state index contributed by atoms with van der Waals surface area (Å²) in [4.78, 5) is 0. The minimum absolute atomic E-state index is 0.364. The molecule has 3 N–H and O–H groups in total. The molecule has 5 heteroatoms. The fraction of sp³-hybridized carbons (Fsp3) is 0.486. The molecule has 0 radical (unpaired) electrons. The van der Waals surface area contributed by atoms with Crippen LogP contribution in [0.15, 0.2) is 60.7 Å². The molecule has 2 aliphatic rings. The molecule has 1 atom stereocenters. The molecule has 3 aromatic carbocycles. The van der Waals surface area contributed by atoms with E-state index in [1.165, 1.54) is 60.0 Å². The van der Waals surface area contributed by atoms with Crippen LogP contribution in [0.2, 0.25) is 0 Å². The van der Waals surface area contributed by atoms with Crippen molar-refractivity contribution in [3.05, 3.63) is 82.9 Å². The highest BCUT2D eigenvalue weighted by molar-refractivity contribution is 5.57. The van der Waals surface area contributed by atoms with Crippen molar-refractivity contribution in [2.24, 2.45) is 5.92 Å². The van der Waals surface area contributed by atoms with Crippen molar-refractivity contribution in [2.75, 3.05) is 38.7 Å². The predicted octanol–water partition coefficient (Wildman–Crippen LogP) is 7.27. The molecule has 214 valence electrons. The molecule has 0 saturated heterocycles. The molecular formula is C35H46N2O3. The van der Waals surface area contributed by atoms with E-state index >= 15 is 0 Å². The molecule has 0 aliphatic heterocycles. The Labute approximate surface area is 240 Å². The smallest absolute Gasteiger partial charge is 0.120 e. The summed E-state index contributed by atoms with van der Waals surface area (Å²) in [5.41, 5.74) is 6.49. The van der Waals surface area contributed by atoms with E-state index in [4.69, 9.17) is 9.47 Å². The van der Waals surface area contributed by atoms with E-state index < -0.39 is 0 Å². The van der Waals surface area contributed by atoms with Gasteiger partial charge in [-0.25, -0.2) is 0 Å². The van der Waals surface area contributed by atoms with Gasteiger partial charge in [0.25, 0.3) is 0 Å². The lowest BCUT2D eigenvalue weighted by Gasteiger charge is -2.27. The minimum Gasteiger partial charge on any atom is -0.508 e. The highest BCUT2D eigenvalue weighted by atomic mass is 16.5. The summed E-state index contributed by atoms with van der Waals surface area (Å²) in [7, 11) is 1.73. The van der Waals surface area contributed by atoms with E-state index in [0.29, 0.717) is 18.3 Å². The van der Waals surface area contributed by atoms with Crippen molar-refractivity contribution >= 4 is 5.69 Å². The highest BCUT2D eigenvalue weighted by Crippen LogP contribution is 2.38. The number of aryl methyl sites for hydroxylation is 2. The molecule has 1 saturated carbocycles. The molecular weight excluding hydrogens is 496 g/mol. The van der Waals surface area contributed by atoms with Crippen LogP contribution in [0.4, 0.5) is 5.69 Å². The number of methoxy groups -OCH3 is 1. The van der Waals surface area contributed by atoms with Gasteiger partial charge in [0, 0.05) is 24.8 Å². The number of aromatic hydroxyl groups is 1. The van der Waals surface area contributed by atoms with E-state index in [1.807, 2.05) is 12.1 Å². The van der Waals surface area contributed by atoms with Crippen LogP contribution >= 0.6 is 0 Å². The Kier molecular flexibility index (Phi) is 10.2. The van der Waals surface area contributed by atoms with Crippen molar-refractivity contribution in [1.82, 2.24) is 5.32 Å². The van der Waals surface area contributed by atoms with Crippen LogP contribution in [0, 0.1) is 5.92 Å². The largest absolute Gasteiger partial charge is 0.508 e. The van der Waals surface area contributed by atoms with Gasteiger partial charge >= 0.3 is 0 Å². The molecule has 3 aromatic rings. The zero-order valence-corrected chi connectivity index (χ0v) is 24.1. The molecule has 5 nitrogen and oxygen atoms in total. The Morgan fingerprint density at radius 1 is 0.850 bits per heavy atom. The number of phenols is 1. The van der Waals surface area contributed by atoms with Crippen LogP contribution in [0.3, 0.4) is 0 Å². The lowest BCUT2D eigenvalue weighted by Crippen LogP contribution is -2.28. The summed E-state index contributed by atoms with van der Waals surface area (Å²) >= 11 is 0. The van der Waals surface area contributed by atoms with Crippen LogP contribution in [0.25, 0.3) is 0 Å². The zero-order valence-electron chi connectivity index (χ0n) is 24.1. The average molecular weight is 543 g/mol. The maximum atomic E-state index is 9.85. The van der Waals surface area contributed by atoms with Gasteiger partial charge in [-0.1, -0.05) is 43.5 Å². The fourth-order valence-corrected chi connectivity index (χ4v) is 6.38. The van der Waals surface area contributed by atoms with Gasteiger partial charge in [0.1, 0.15) is 23.9 Å². The van der Waals surface area contributed by atoms with Crippen molar-refractivity contribution in [3.8, 4) is 17.2 Å². The number of anilines is 1. The van der Waals surface area contributed by atoms with E-state index in [9.17, 15) is 5.11 Å². The maximum absolute atomic E-state index is 9.85. The Morgan fingerprint density at radius 2 is 1.68 bits per heavy atom. The first-order valence-corrected chi connectivity index (χ1v) is 15.3. The lowest BCUT2D eigenvalue weighted by molar-refractivity contribution is 0.294. The van der Waals surface area contributed by atoms with Crippen molar-refractivity contribution < 1.29 is 14.6 Å². The van der Waals surface area contributed by atoms with Crippen LogP contribution < -0.4 is 20.1 Å². The first kappa shape index (κ1) is 28.4. The average Bonchev–Trinajstić information content (AvgIpc) is 3.00. The summed E-state index contributed by atoms with van der Waals surface area (Å²) < 4.78 is 11.5. The second-order valence-corrected chi connectivity index (χ2v) is 11.6. The number of phenolic OH excluding ortho intramolecular Hbond substituents is 1. The van der Waals surface area contributed by atoms with E-state index in [0.717, 1.165) is 69.2 Å². The third kappa shape index (κ3) is 7.94. The van der Waals surface area contributed by atoms with Crippen LogP contribution in [0.1, 0.15) is 73.1 Å². The van der Waals surface area contributed by atoms with Gasteiger partial charge in [-0.15, -0.1) is 0 Å². The number of hydrogen-bond donors (Lipinski definition) is 3. The minimum atomic E-state index is 0.364. The van der Waals surface area contributed by atoms with E-state index in [-0.39, 0.29) is 0 Å². The SMILES string of the molecule is COc1ccc(C2CCc3cc(O)ccc3C2)c(NCCCc2ccc(OCCNCC3CCCCC3)cc2)c1. The number of ether oxygens (including phenoxy) is 2. The molecule has 5 rings (SSSR count). The Hall–Kier alpha value is -3.18. The summed E-state index contributed by atoms with van der Waals surface area (Å²) in [5, 5.41) is 17.1. The van der Waals surface area contributed by atoms with Gasteiger partial charge in [0.2, 0.25) is 0 Å². The predicted molar refractivity (Wildman–Crippen MR) is 164 cm³/mol. The van der Waals surface area contributed by atoms with Crippen molar-refractivity contribution in [3.63, 3.8) is 0 Å². The number of benzene rings is 3. The first-order chi connectivity index (χ1) is 19.7.